The minimum atomic E-state index is -3.95. The third kappa shape index (κ3) is 5.95. The molecule has 1 aromatic heterocycles. The Morgan fingerprint density at radius 1 is 0.976 bits per heavy atom. The van der Waals surface area contributed by atoms with Gasteiger partial charge in [0.25, 0.3) is 0 Å². The molecule has 1 atom stereocenters. The Kier molecular flexibility index (Phi) is 8.06. The number of nitrogens with one attached hydrogen (secondary N) is 1. The average Bonchev–Trinajstić information content (AvgIpc) is 3.51. The van der Waals surface area contributed by atoms with Crippen LogP contribution in [0, 0.1) is 5.82 Å². The number of anilines is 1. The van der Waals surface area contributed by atoms with Crippen molar-refractivity contribution in [3.63, 3.8) is 0 Å². The molecule has 0 radical (unpaired) electrons. The number of aromatic nitrogens is 2. The van der Waals surface area contributed by atoms with E-state index in [1.54, 1.807) is 0 Å². The maximum absolute atomic E-state index is 13.4. The second-order valence-corrected chi connectivity index (χ2v) is 13.2. The number of rotatable bonds is 7. The molecule has 216 valence electrons. The minimum Gasteiger partial charge on any atom is -0.349 e. The molecule has 1 unspecified atom stereocenters. The molecule has 11 heteroatoms. The van der Waals surface area contributed by atoms with Crippen molar-refractivity contribution in [3.05, 3.63) is 106 Å². The summed E-state index contributed by atoms with van der Waals surface area (Å²) in [6, 6.07) is 21.9. The summed E-state index contributed by atoms with van der Waals surface area (Å²) in [7, 11) is -3.95. The van der Waals surface area contributed by atoms with Crippen LogP contribution < -0.4 is 10.2 Å². The Bertz CT molecular complexity index is 1720. The van der Waals surface area contributed by atoms with Gasteiger partial charge in [0.05, 0.1) is 22.8 Å². The summed E-state index contributed by atoms with van der Waals surface area (Å²) in [6.45, 7) is 1.79. The first-order chi connectivity index (χ1) is 20.3. The van der Waals surface area contributed by atoms with Gasteiger partial charge in [-0.05, 0) is 72.9 Å². The molecule has 8 nitrogen and oxygen atoms in total. The van der Waals surface area contributed by atoms with Gasteiger partial charge in [-0.15, -0.1) is 0 Å². The van der Waals surface area contributed by atoms with E-state index in [9.17, 15) is 17.6 Å². The fourth-order valence-electron chi connectivity index (χ4n) is 5.48. The zero-order valence-corrected chi connectivity index (χ0v) is 25.1. The molecular formula is C31H29BrFN5O3S. The highest BCUT2D eigenvalue weighted by atomic mass is 79.9. The quantitative estimate of drug-likeness (QED) is 0.300. The molecule has 2 aliphatic heterocycles. The second-order valence-electron chi connectivity index (χ2n) is 10.4. The van der Waals surface area contributed by atoms with Crippen molar-refractivity contribution < 1.29 is 17.6 Å². The van der Waals surface area contributed by atoms with Crippen LogP contribution in [0.25, 0.3) is 11.3 Å². The fourth-order valence-corrected chi connectivity index (χ4v) is 7.40. The topological polar surface area (TPSA) is 95.5 Å². The highest BCUT2D eigenvalue weighted by molar-refractivity contribution is 9.10. The van der Waals surface area contributed by atoms with E-state index in [0.717, 1.165) is 40.8 Å². The van der Waals surface area contributed by atoms with Gasteiger partial charge in [0, 0.05) is 29.7 Å². The third-order valence-electron chi connectivity index (χ3n) is 7.69. The van der Waals surface area contributed by atoms with Crippen molar-refractivity contribution in [1.82, 2.24) is 19.6 Å². The Morgan fingerprint density at radius 2 is 1.71 bits per heavy atom. The molecule has 0 saturated carbocycles. The molecule has 4 aromatic rings. The molecular weight excluding hydrogens is 621 g/mol. The van der Waals surface area contributed by atoms with Crippen molar-refractivity contribution >= 4 is 37.8 Å². The van der Waals surface area contributed by atoms with E-state index in [0.29, 0.717) is 31.0 Å². The molecule has 42 heavy (non-hydrogen) atoms. The molecule has 0 spiro atoms. The predicted octanol–water partition coefficient (Wildman–Crippen LogP) is 5.08. The molecule has 3 heterocycles. The van der Waals surface area contributed by atoms with Crippen molar-refractivity contribution in [1.29, 1.82) is 0 Å². The van der Waals surface area contributed by atoms with Crippen LogP contribution in [0.4, 0.5) is 10.3 Å². The van der Waals surface area contributed by atoms with Gasteiger partial charge in [-0.1, -0.05) is 52.3 Å². The lowest BCUT2D eigenvalue weighted by Crippen LogP contribution is -2.45. The molecule has 0 bridgehead atoms. The summed E-state index contributed by atoms with van der Waals surface area (Å²) in [5, 5.41) is 2.92. The Labute approximate surface area is 252 Å². The Morgan fingerprint density at radius 3 is 2.48 bits per heavy atom. The number of hydrogen-bond acceptors (Lipinski definition) is 6. The van der Waals surface area contributed by atoms with Crippen LogP contribution in [-0.2, 0) is 34.3 Å². The maximum atomic E-state index is 13.4. The van der Waals surface area contributed by atoms with Gasteiger partial charge in [0.2, 0.25) is 21.9 Å². The maximum Gasteiger partial charge on any atom is 0.243 e. The van der Waals surface area contributed by atoms with E-state index in [1.165, 1.54) is 27.6 Å². The van der Waals surface area contributed by atoms with Crippen molar-refractivity contribution in [3.8, 4) is 11.3 Å². The summed E-state index contributed by atoms with van der Waals surface area (Å²) in [4.78, 5) is 25.2. The predicted molar refractivity (Wildman–Crippen MR) is 162 cm³/mol. The number of nitrogens with zero attached hydrogens (tertiary/aromatic N) is 4. The summed E-state index contributed by atoms with van der Waals surface area (Å²) in [5.41, 5.74) is 4.83. The van der Waals surface area contributed by atoms with Gasteiger partial charge < -0.3 is 10.2 Å². The van der Waals surface area contributed by atoms with E-state index in [2.05, 4.69) is 44.3 Å². The highest BCUT2D eigenvalue weighted by Crippen LogP contribution is 2.28. The van der Waals surface area contributed by atoms with Crippen molar-refractivity contribution in [2.45, 2.75) is 43.3 Å². The molecule has 3 aromatic carbocycles. The number of amides is 1. The van der Waals surface area contributed by atoms with Crippen LogP contribution in [-0.4, -0.2) is 47.7 Å². The standard InChI is InChI=1S/C31H29BrFN5O3S/c32-24-9-7-22(8-10-24)28-18-26(35-31(36-28)37-17-15-21-4-1-2-5-23(21)20-37)19-34-30(39)29-6-3-16-38(29)42(40,41)27-13-11-25(33)12-14-27/h1-2,4-5,7-14,18,29H,3,6,15-17,19-20H2,(H,34,39). The smallest absolute Gasteiger partial charge is 0.243 e. The largest absolute Gasteiger partial charge is 0.349 e. The average molecular weight is 651 g/mol. The first-order valence-electron chi connectivity index (χ1n) is 13.8. The van der Waals surface area contributed by atoms with Crippen molar-refractivity contribution in [2.24, 2.45) is 0 Å². The van der Waals surface area contributed by atoms with Gasteiger partial charge in [-0.25, -0.2) is 22.8 Å². The first kappa shape index (κ1) is 28.4. The van der Waals surface area contributed by atoms with Crippen LogP contribution in [0.2, 0.25) is 0 Å². The normalized spacial score (nSPS) is 17.2. The molecule has 0 aliphatic carbocycles. The summed E-state index contributed by atoms with van der Waals surface area (Å²) < 4.78 is 42.1. The van der Waals surface area contributed by atoms with Gasteiger partial charge in [-0.3, -0.25) is 4.79 Å². The van der Waals surface area contributed by atoms with Crippen LogP contribution in [0.1, 0.15) is 29.7 Å². The highest BCUT2D eigenvalue weighted by Gasteiger charge is 2.39. The lowest BCUT2D eigenvalue weighted by Gasteiger charge is -2.29. The number of hydrogen-bond donors (Lipinski definition) is 1. The van der Waals surface area contributed by atoms with Crippen LogP contribution in [0.3, 0.4) is 0 Å². The third-order valence-corrected chi connectivity index (χ3v) is 10.1. The zero-order chi connectivity index (χ0) is 29.3. The number of halogens is 2. The SMILES string of the molecule is O=C(NCc1cc(-c2ccc(Br)cc2)nc(N2CCc3ccccc3C2)n1)C1CCCN1S(=O)(=O)c1ccc(F)cc1. The monoisotopic (exact) mass is 649 g/mol. The van der Waals surface area contributed by atoms with Gasteiger partial charge in [0.1, 0.15) is 11.9 Å². The summed E-state index contributed by atoms with van der Waals surface area (Å²) in [5.74, 6) is -0.337. The lowest BCUT2D eigenvalue weighted by molar-refractivity contribution is -0.124. The second kappa shape index (κ2) is 11.9. The molecule has 1 N–H and O–H groups in total. The molecule has 1 saturated heterocycles. The van der Waals surface area contributed by atoms with Crippen LogP contribution >= 0.6 is 15.9 Å². The Balaban J connectivity index is 1.24. The van der Waals surface area contributed by atoms with E-state index in [4.69, 9.17) is 9.97 Å². The van der Waals surface area contributed by atoms with Crippen LogP contribution in [0.5, 0.6) is 0 Å². The first-order valence-corrected chi connectivity index (χ1v) is 16.0. The van der Waals surface area contributed by atoms with Crippen LogP contribution in [0.15, 0.2) is 88.2 Å². The number of carbonyl (C=O) groups excluding carboxylic acids is 1. The summed E-state index contributed by atoms with van der Waals surface area (Å²) in [6.07, 6.45) is 1.84. The van der Waals surface area contributed by atoms with Gasteiger partial charge >= 0.3 is 0 Å². The van der Waals surface area contributed by atoms with Gasteiger partial charge in [-0.2, -0.15) is 4.31 Å². The van der Waals surface area contributed by atoms with Gasteiger partial charge in [0.15, 0.2) is 0 Å². The molecule has 1 amide bonds. The minimum absolute atomic E-state index is 0.0358. The van der Waals surface area contributed by atoms with Crippen molar-refractivity contribution in [2.75, 3.05) is 18.0 Å². The fraction of sp³-hybridized carbons (Fsp3) is 0.258. The van der Waals surface area contributed by atoms with E-state index >= 15 is 0 Å². The zero-order valence-electron chi connectivity index (χ0n) is 22.7. The number of carbonyl (C=O) groups is 1. The molecule has 6 rings (SSSR count). The van der Waals surface area contributed by atoms with E-state index < -0.39 is 27.8 Å². The summed E-state index contributed by atoms with van der Waals surface area (Å²) >= 11 is 3.48. The van der Waals surface area contributed by atoms with E-state index in [-0.39, 0.29) is 18.0 Å². The number of sulfonamides is 1. The molecule has 2 aliphatic rings. The van der Waals surface area contributed by atoms with E-state index in [1.807, 2.05) is 36.4 Å². The Hall–Kier alpha value is -3.67. The molecule has 1 fully saturated rings. The number of fused-ring (bicyclic) bond motifs is 1. The lowest BCUT2D eigenvalue weighted by atomic mass is 10.0. The number of benzene rings is 3.